The van der Waals surface area contributed by atoms with E-state index in [0.717, 1.165) is 30.6 Å². The fourth-order valence-corrected chi connectivity index (χ4v) is 3.28. The van der Waals surface area contributed by atoms with Crippen LogP contribution in [0, 0.1) is 12.8 Å². The van der Waals surface area contributed by atoms with E-state index in [0.29, 0.717) is 23.1 Å². The van der Waals surface area contributed by atoms with E-state index in [4.69, 9.17) is 4.52 Å². The minimum atomic E-state index is -0.871. The van der Waals surface area contributed by atoms with E-state index in [-0.39, 0.29) is 18.4 Å². The van der Waals surface area contributed by atoms with Crippen LogP contribution in [0.15, 0.2) is 4.52 Å². The molecular weight excluding hydrogens is 312 g/mol. The van der Waals surface area contributed by atoms with Crippen molar-refractivity contribution in [2.24, 2.45) is 5.92 Å². The van der Waals surface area contributed by atoms with Crippen LogP contribution in [0.4, 0.5) is 10.5 Å². The SMILES string of the molecule is Cc1noc(C2CC2)c1NC(=O)CN1C(=O)N[C@](C)(C2CC2)C1=O. The second kappa shape index (κ2) is 5.06. The highest BCUT2D eigenvalue weighted by Crippen LogP contribution is 2.44. The van der Waals surface area contributed by atoms with Crippen LogP contribution < -0.4 is 10.6 Å². The lowest BCUT2D eigenvalue weighted by Gasteiger charge is -2.20. The molecule has 3 aliphatic rings. The molecule has 0 spiro atoms. The van der Waals surface area contributed by atoms with Gasteiger partial charge in [-0.2, -0.15) is 0 Å². The molecule has 0 aromatic carbocycles. The molecule has 2 saturated carbocycles. The molecule has 1 aliphatic heterocycles. The van der Waals surface area contributed by atoms with Crippen LogP contribution in [0.2, 0.25) is 0 Å². The summed E-state index contributed by atoms with van der Waals surface area (Å²) >= 11 is 0. The van der Waals surface area contributed by atoms with Crippen molar-refractivity contribution in [3.63, 3.8) is 0 Å². The minimum Gasteiger partial charge on any atom is -0.359 e. The molecule has 1 aromatic rings. The van der Waals surface area contributed by atoms with Gasteiger partial charge < -0.3 is 15.2 Å². The van der Waals surface area contributed by atoms with E-state index in [1.165, 1.54) is 0 Å². The van der Waals surface area contributed by atoms with Crippen LogP contribution in [-0.2, 0) is 9.59 Å². The third-order valence-electron chi connectivity index (χ3n) is 5.10. The number of rotatable bonds is 5. The van der Waals surface area contributed by atoms with Gasteiger partial charge in [0.05, 0.1) is 0 Å². The van der Waals surface area contributed by atoms with Crippen molar-refractivity contribution in [3.05, 3.63) is 11.5 Å². The number of aromatic nitrogens is 1. The molecule has 4 rings (SSSR count). The lowest BCUT2D eigenvalue weighted by atomic mass is 9.96. The average molecular weight is 332 g/mol. The molecule has 2 N–H and O–H groups in total. The Hall–Kier alpha value is -2.38. The number of aryl methyl sites for hydroxylation is 1. The summed E-state index contributed by atoms with van der Waals surface area (Å²) in [6.07, 6.45) is 3.88. The van der Waals surface area contributed by atoms with Crippen LogP contribution in [-0.4, -0.2) is 40.0 Å². The molecule has 8 heteroatoms. The van der Waals surface area contributed by atoms with E-state index in [2.05, 4.69) is 15.8 Å². The van der Waals surface area contributed by atoms with Crippen LogP contribution >= 0.6 is 0 Å². The zero-order valence-corrected chi connectivity index (χ0v) is 13.7. The predicted molar refractivity (Wildman–Crippen MR) is 83.2 cm³/mol. The van der Waals surface area contributed by atoms with Crippen molar-refractivity contribution in [1.29, 1.82) is 0 Å². The van der Waals surface area contributed by atoms with E-state index in [1.54, 1.807) is 13.8 Å². The Morgan fingerprint density at radius 3 is 2.71 bits per heavy atom. The summed E-state index contributed by atoms with van der Waals surface area (Å²) in [5.41, 5.74) is 0.300. The monoisotopic (exact) mass is 332 g/mol. The maximum absolute atomic E-state index is 12.5. The smallest absolute Gasteiger partial charge is 0.325 e. The molecule has 0 bridgehead atoms. The van der Waals surface area contributed by atoms with Crippen LogP contribution in [0.25, 0.3) is 0 Å². The molecule has 0 unspecified atom stereocenters. The first kappa shape index (κ1) is 15.2. The molecular formula is C16H20N4O4. The summed E-state index contributed by atoms with van der Waals surface area (Å²) in [5, 5.41) is 9.38. The maximum atomic E-state index is 12.5. The van der Waals surface area contributed by atoms with Crippen molar-refractivity contribution in [1.82, 2.24) is 15.4 Å². The Labute approximate surface area is 138 Å². The quantitative estimate of drug-likeness (QED) is 0.796. The van der Waals surface area contributed by atoms with Gasteiger partial charge in [-0.15, -0.1) is 0 Å². The van der Waals surface area contributed by atoms with Crippen molar-refractivity contribution in [2.75, 3.05) is 11.9 Å². The van der Waals surface area contributed by atoms with Crippen LogP contribution in [0.1, 0.15) is 50.0 Å². The lowest BCUT2D eigenvalue weighted by Crippen LogP contribution is -2.46. The molecule has 1 atom stereocenters. The lowest BCUT2D eigenvalue weighted by molar-refractivity contribution is -0.134. The Bertz CT molecular complexity index is 734. The van der Waals surface area contributed by atoms with Crippen LogP contribution in [0.3, 0.4) is 0 Å². The third kappa shape index (κ3) is 2.37. The number of imide groups is 1. The van der Waals surface area contributed by atoms with Crippen molar-refractivity contribution in [3.8, 4) is 0 Å². The number of nitrogens with one attached hydrogen (secondary N) is 2. The summed E-state index contributed by atoms with van der Waals surface area (Å²) < 4.78 is 5.28. The number of carbonyl (C=O) groups is 3. The standard InChI is InChI=1S/C16H20N4O4/c1-8-12(13(24-19-8)9-3-4-9)17-11(21)7-20-14(22)16(2,10-5-6-10)18-15(20)23/h9-10H,3-7H2,1-2H3,(H,17,21)(H,18,23)/t16-/m1/s1. The highest BCUT2D eigenvalue weighted by molar-refractivity contribution is 6.10. The maximum Gasteiger partial charge on any atom is 0.325 e. The first-order chi connectivity index (χ1) is 11.4. The van der Waals surface area contributed by atoms with Gasteiger partial charge in [-0.25, -0.2) is 4.79 Å². The van der Waals surface area contributed by atoms with E-state index < -0.39 is 17.5 Å². The number of carbonyl (C=O) groups excluding carboxylic acids is 3. The fraction of sp³-hybridized carbons (Fsp3) is 0.625. The van der Waals surface area contributed by atoms with Crippen LogP contribution in [0.5, 0.6) is 0 Å². The van der Waals surface area contributed by atoms with Gasteiger partial charge in [0.2, 0.25) is 5.91 Å². The first-order valence-corrected chi connectivity index (χ1v) is 8.30. The Morgan fingerprint density at radius 1 is 1.38 bits per heavy atom. The molecule has 1 aromatic heterocycles. The fourth-order valence-electron chi connectivity index (χ4n) is 3.28. The second-order valence-electron chi connectivity index (χ2n) is 7.13. The summed E-state index contributed by atoms with van der Waals surface area (Å²) in [6, 6.07) is -0.506. The van der Waals surface area contributed by atoms with Gasteiger partial charge in [0.25, 0.3) is 5.91 Å². The van der Waals surface area contributed by atoms with Gasteiger partial charge in [0, 0.05) is 5.92 Å². The van der Waals surface area contributed by atoms with Gasteiger partial charge in [0.15, 0.2) is 5.76 Å². The zero-order valence-electron chi connectivity index (χ0n) is 13.7. The third-order valence-corrected chi connectivity index (χ3v) is 5.10. The molecule has 24 heavy (non-hydrogen) atoms. The Kier molecular flexibility index (Phi) is 3.20. The average Bonchev–Trinajstić information content (AvgIpc) is 3.43. The van der Waals surface area contributed by atoms with Gasteiger partial charge in [-0.1, -0.05) is 5.16 Å². The number of amides is 4. The predicted octanol–water partition coefficient (Wildman–Crippen LogP) is 1.52. The zero-order chi connectivity index (χ0) is 17.1. The summed E-state index contributed by atoms with van der Waals surface area (Å²) in [6.45, 7) is 3.18. The molecule has 8 nitrogen and oxygen atoms in total. The first-order valence-electron chi connectivity index (χ1n) is 8.30. The number of hydrogen-bond donors (Lipinski definition) is 2. The highest BCUT2D eigenvalue weighted by Gasteiger charge is 2.56. The van der Waals surface area contributed by atoms with E-state index >= 15 is 0 Å². The second-order valence-corrected chi connectivity index (χ2v) is 7.13. The summed E-state index contributed by atoms with van der Waals surface area (Å²) in [4.78, 5) is 38.0. The number of urea groups is 1. The van der Waals surface area contributed by atoms with Gasteiger partial charge in [-0.3, -0.25) is 14.5 Å². The molecule has 3 fully saturated rings. The summed E-state index contributed by atoms with van der Waals surface area (Å²) in [7, 11) is 0. The number of nitrogens with zero attached hydrogens (tertiary/aromatic N) is 2. The van der Waals surface area contributed by atoms with Crippen molar-refractivity contribution >= 4 is 23.5 Å². The van der Waals surface area contributed by atoms with Gasteiger partial charge in [0.1, 0.15) is 23.5 Å². The normalized spacial score (nSPS) is 26.7. The Morgan fingerprint density at radius 2 is 2.08 bits per heavy atom. The van der Waals surface area contributed by atoms with Gasteiger partial charge >= 0.3 is 6.03 Å². The number of anilines is 1. The highest BCUT2D eigenvalue weighted by atomic mass is 16.5. The topological polar surface area (TPSA) is 105 Å². The van der Waals surface area contributed by atoms with Gasteiger partial charge in [-0.05, 0) is 45.4 Å². The largest absolute Gasteiger partial charge is 0.359 e. The van der Waals surface area contributed by atoms with E-state index in [1.807, 2.05) is 0 Å². The van der Waals surface area contributed by atoms with E-state index in [9.17, 15) is 14.4 Å². The molecule has 2 aliphatic carbocycles. The van der Waals surface area contributed by atoms with Crippen molar-refractivity contribution in [2.45, 2.75) is 51.0 Å². The van der Waals surface area contributed by atoms with Crippen molar-refractivity contribution < 1.29 is 18.9 Å². The number of hydrogen-bond acceptors (Lipinski definition) is 5. The molecule has 1 saturated heterocycles. The molecule has 4 amide bonds. The Balaban J connectivity index is 1.46. The summed E-state index contributed by atoms with van der Waals surface area (Å²) in [5.74, 6) is 0.405. The molecule has 2 heterocycles. The molecule has 0 radical (unpaired) electrons. The molecule has 128 valence electrons. The minimum absolute atomic E-state index is 0.170.